The largest absolute Gasteiger partial charge is 0.184 e. The van der Waals surface area contributed by atoms with Gasteiger partial charge in [-0.2, -0.15) is 3.89 Å². The summed E-state index contributed by atoms with van der Waals surface area (Å²) in [5.41, 5.74) is 1.31. The fourth-order valence-electron chi connectivity index (χ4n) is 2.24. The van der Waals surface area contributed by atoms with Gasteiger partial charge in [0, 0.05) is 15.4 Å². The summed E-state index contributed by atoms with van der Waals surface area (Å²) in [5.74, 6) is 0. The van der Waals surface area contributed by atoms with E-state index in [-0.39, 0.29) is 10.5 Å². The minimum absolute atomic E-state index is 0.0829. The molecule has 0 N–H and O–H groups in total. The fourth-order valence-corrected chi connectivity index (χ4v) is 4.97. The Labute approximate surface area is 107 Å². The molecule has 0 nitrogen and oxygen atoms in total. The van der Waals surface area contributed by atoms with Crippen molar-refractivity contribution in [2.45, 2.75) is 62.9 Å². The molecule has 0 aliphatic rings. The Kier molecular flexibility index (Phi) is 5.05. The molecule has 0 amide bonds. The first-order valence-electron chi connectivity index (χ1n) is 6.52. The standard InChI is InChI=1S/C15H25FS/c1-6-7-14-8-10-15(11-9-14)17(16,12(2)3)13(4)5/h8-13H,6-7H2,1-5H3. The average molecular weight is 256 g/mol. The van der Waals surface area contributed by atoms with Crippen molar-refractivity contribution >= 4 is 10.4 Å². The molecule has 2 heteroatoms. The van der Waals surface area contributed by atoms with Gasteiger partial charge in [0.1, 0.15) is 0 Å². The lowest BCUT2D eigenvalue weighted by atomic mass is 10.1. The van der Waals surface area contributed by atoms with Crippen molar-refractivity contribution in [1.82, 2.24) is 0 Å². The van der Waals surface area contributed by atoms with Crippen LogP contribution in [0.25, 0.3) is 0 Å². The zero-order valence-electron chi connectivity index (χ0n) is 11.7. The maximum atomic E-state index is 15.2. The molecular weight excluding hydrogens is 231 g/mol. The van der Waals surface area contributed by atoms with Gasteiger partial charge >= 0.3 is 0 Å². The van der Waals surface area contributed by atoms with Crippen LogP contribution in [0.3, 0.4) is 0 Å². The smallest absolute Gasteiger partial charge is 0.0179 e. The van der Waals surface area contributed by atoms with Crippen molar-refractivity contribution in [2.24, 2.45) is 0 Å². The molecule has 0 spiro atoms. The number of halogens is 1. The summed E-state index contributed by atoms with van der Waals surface area (Å²) in [6.45, 7) is 10.1. The molecule has 0 bridgehead atoms. The molecule has 1 aromatic carbocycles. The highest BCUT2D eigenvalue weighted by Gasteiger charge is 2.33. The highest BCUT2D eigenvalue weighted by atomic mass is 32.3. The van der Waals surface area contributed by atoms with E-state index in [1.807, 2.05) is 39.8 Å². The molecule has 0 heterocycles. The minimum atomic E-state index is -2.18. The van der Waals surface area contributed by atoms with E-state index in [1.54, 1.807) is 0 Å². The molecule has 0 saturated heterocycles. The van der Waals surface area contributed by atoms with Crippen LogP contribution < -0.4 is 0 Å². The second kappa shape index (κ2) is 5.90. The van der Waals surface area contributed by atoms with Crippen LogP contribution in [0, 0.1) is 0 Å². The number of hydrogen-bond donors (Lipinski definition) is 0. The Balaban J connectivity index is 3.04. The van der Waals surface area contributed by atoms with Crippen molar-refractivity contribution in [2.75, 3.05) is 0 Å². The van der Waals surface area contributed by atoms with E-state index in [0.29, 0.717) is 0 Å². The van der Waals surface area contributed by atoms with Crippen LogP contribution in [0.5, 0.6) is 0 Å². The summed E-state index contributed by atoms with van der Waals surface area (Å²) in [7, 11) is -2.18. The Bertz CT molecular complexity index is 332. The van der Waals surface area contributed by atoms with Crippen LogP contribution >= 0.6 is 10.4 Å². The quantitative estimate of drug-likeness (QED) is 0.652. The Morgan fingerprint density at radius 3 is 1.82 bits per heavy atom. The molecule has 0 unspecified atom stereocenters. The maximum Gasteiger partial charge on any atom is 0.0179 e. The molecule has 98 valence electrons. The van der Waals surface area contributed by atoms with Crippen LogP contribution in [0.4, 0.5) is 3.89 Å². The van der Waals surface area contributed by atoms with Gasteiger partial charge in [-0.15, -0.1) is 0 Å². The van der Waals surface area contributed by atoms with Crippen molar-refractivity contribution in [3.8, 4) is 0 Å². The molecule has 0 aromatic heterocycles. The van der Waals surface area contributed by atoms with Crippen LogP contribution in [-0.4, -0.2) is 10.5 Å². The summed E-state index contributed by atoms with van der Waals surface area (Å²) >= 11 is 0. The van der Waals surface area contributed by atoms with Gasteiger partial charge in [0.2, 0.25) is 0 Å². The lowest BCUT2D eigenvalue weighted by Crippen LogP contribution is -2.17. The molecule has 0 atom stereocenters. The molecule has 0 aliphatic heterocycles. The predicted molar refractivity (Wildman–Crippen MR) is 77.7 cm³/mol. The number of benzene rings is 1. The average Bonchev–Trinajstić information content (AvgIpc) is 2.28. The maximum absolute atomic E-state index is 15.2. The molecule has 0 radical (unpaired) electrons. The third-order valence-electron chi connectivity index (χ3n) is 3.20. The van der Waals surface area contributed by atoms with Gasteiger partial charge in [0.15, 0.2) is 0 Å². The van der Waals surface area contributed by atoms with Gasteiger partial charge in [-0.1, -0.05) is 63.6 Å². The van der Waals surface area contributed by atoms with Gasteiger partial charge in [-0.25, -0.2) is 0 Å². The zero-order valence-corrected chi connectivity index (χ0v) is 12.5. The normalized spacial score (nSPS) is 13.4. The summed E-state index contributed by atoms with van der Waals surface area (Å²) in [6.07, 6.45) is 2.22. The van der Waals surface area contributed by atoms with Gasteiger partial charge < -0.3 is 0 Å². The molecular formula is C15H25FS. The molecule has 0 saturated carbocycles. The summed E-state index contributed by atoms with van der Waals surface area (Å²) in [5, 5.41) is 0.166. The molecule has 1 aromatic rings. The lowest BCUT2D eigenvalue weighted by molar-refractivity contribution is 0.806. The van der Waals surface area contributed by atoms with E-state index in [1.165, 1.54) is 5.56 Å². The number of hydrogen-bond acceptors (Lipinski definition) is 0. The minimum Gasteiger partial charge on any atom is -0.184 e. The van der Waals surface area contributed by atoms with E-state index < -0.39 is 10.4 Å². The van der Waals surface area contributed by atoms with Crippen molar-refractivity contribution in [1.29, 1.82) is 0 Å². The van der Waals surface area contributed by atoms with Gasteiger partial charge in [0.05, 0.1) is 0 Å². The molecule has 1 rings (SSSR count). The van der Waals surface area contributed by atoms with E-state index in [0.717, 1.165) is 17.7 Å². The fraction of sp³-hybridized carbons (Fsp3) is 0.600. The number of rotatable bonds is 5. The van der Waals surface area contributed by atoms with Crippen molar-refractivity contribution in [3.05, 3.63) is 29.8 Å². The van der Waals surface area contributed by atoms with Crippen LogP contribution in [0.2, 0.25) is 0 Å². The van der Waals surface area contributed by atoms with E-state index in [9.17, 15) is 0 Å². The van der Waals surface area contributed by atoms with Crippen LogP contribution in [0.15, 0.2) is 29.2 Å². The second-order valence-electron chi connectivity index (χ2n) is 5.12. The van der Waals surface area contributed by atoms with Crippen molar-refractivity contribution in [3.63, 3.8) is 0 Å². The Morgan fingerprint density at radius 1 is 1.00 bits per heavy atom. The molecule has 0 fully saturated rings. The van der Waals surface area contributed by atoms with E-state index >= 15 is 3.89 Å². The predicted octanol–water partition coefficient (Wildman–Crippen LogP) is 5.50. The first kappa shape index (κ1) is 14.6. The van der Waals surface area contributed by atoms with E-state index in [2.05, 4.69) is 19.1 Å². The third-order valence-corrected chi connectivity index (χ3v) is 6.93. The monoisotopic (exact) mass is 256 g/mol. The highest BCUT2D eigenvalue weighted by Crippen LogP contribution is 2.64. The van der Waals surface area contributed by atoms with Gasteiger partial charge in [-0.3, -0.25) is 0 Å². The zero-order chi connectivity index (χ0) is 13.1. The number of aryl methyl sites for hydroxylation is 1. The highest BCUT2D eigenvalue weighted by molar-refractivity contribution is 8.30. The first-order valence-corrected chi connectivity index (χ1v) is 8.18. The summed E-state index contributed by atoms with van der Waals surface area (Å²) in [4.78, 5) is 0.905. The van der Waals surface area contributed by atoms with Crippen molar-refractivity contribution < 1.29 is 3.89 Å². The van der Waals surface area contributed by atoms with Crippen LogP contribution in [0.1, 0.15) is 46.6 Å². The second-order valence-corrected chi connectivity index (χ2v) is 8.73. The first-order chi connectivity index (χ1) is 7.92. The Morgan fingerprint density at radius 2 is 1.47 bits per heavy atom. The molecule has 0 aliphatic carbocycles. The summed E-state index contributed by atoms with van der Waals surface area (Å²) < 4.78 is 15.2. The SMILES string of the molecule is CCCc1ccc(S(F)(C(C)C)C(C)C)cc1. The van der Waals surface area contributed by atoms with Gasteiger partial charge in [-0.05, 0) is 24.1 Å². The Hall–Kier alpha value is -0.500. The third kappa shape index (κ3) is 3.04. The summed E-state index contributed by atoms with van der Waals surface area (Å²) in [6, 6.07) is 8.18. The molecule has 17 heavy (non-hydrogen) atoms. The topological polar surface area (TPSA) is 0 Å². The van der Waals surface area contributed by atoms with Crippen LogP contribution in [-0.2, 0) is 6.42 Å². The van der Waals surface area contributed by atoms with Gasteiger partial charge in [0.25, 0.3) is 0 Å². The lowest BCUT2D eigenvalue weighted by Gasteiger charge is -2.39. The van der Waals surface area contributed by atoms with E-state index in [4.69, 9.17) is 0 Å².